The third-order valence-corrected chi connectivity index (χ3v) is 3.73. The highest BCUT2D eigenvalue weighted by molar-refractivity contribution is 5.28. The molecule has 0 spiro atoms. The minimum atomic E-state index is 0.457. The molecule has 1 N–H and O–H groups in total. The number of benzene rings is 1. The third-order valence-electron chi connectivity index (χ3n) is 3.73. The first kappa shape index (κ1) is 12.6. The molecular weight excluding hydrogens is 208 g/mol. The summed E-state index contributed by atoms with van der Waals surface area (Å²) in [5.41, 5.74) is 2.81. The minimum Gasteiger partial charge on any atom is -0.309 e. The number of aryl methyl sites for hydroxylation is 1. The van der Waals surface area contributed by atoms with E-state index in [1.54, 1.807) is 0 Å². The van der Waals surface area contributed by atoms with Crippen LogP contribution in [0, 0.1) is 6.92 Å². The van der Waals surface area contributed by atoms with Crippen molar-refractivity contribution in [2.45, 2.75) is 32.7 Å². The number of hydrogen-bond donors (Lipinski definition) is 1. The number of hydrogen-bond acceptors (Lipinski definition) is 2. The Labute approximate surface area is 105 Å². The molecule has 0 aromatic heterocycles. The molecule has 0 bridgehead atoms. The molecule has 1 fully saturated rings. The molecule has 1 aliphatic heterocycles. The van der Waals surface area contributed by atoms with Crippen LogP contribution >= 0.6 is 0 Å². The second-order valence-electron chi connectivity index (χ2n) is 5.08. The maximum absolute atomic E-state index is 3.62. The van der Waals surface area contributed by atoms with Crippen molar-refractivity contribution in [1.29, 1.82) is 0 Å². The SMILES string of the molecule is Cc1ccccc1[C@H](C)NCCN1CCCC1. The van der Waals surface area contributed by atoms with E-state index in [1.807, 2.05) is 0 Å². The molecule has 1 saturated heterocycles. The van der Waals surface area contributed by atoms with Crippen molar-refractivity contribution >= 4 is 0 Å². The molecule has 94 valence electrons. The first-order chi connectivity index (χ1) is 8.27. The van der Waals surface area contributed by atoms with Crippen LogP contribution < -0.4 is 5.32 Å². The van der Waals surface area contributed by atoms with Gasteiger partial charge in [0.15, 0.2) is 0 Å². The quantitative estimate of drug-likeness (QED) is 0.840. The van der Waals surface area contributed by atoms with Crippen molar-refractivity contribution in [1.82, 2.24) is 10.2 Å². The molecule has 1 aliphatic rings. The van der Waals surface area contributed by atoms with Gasteiger partial charge in [0.2, 0.25) is 0 Å². The number of nitrogens with one attached hydrogen (secondary N) is 1. The van der Waals surface area contributed by atoms with Crippen LogP contribution in [0.15, 0.2) is 24.3 Å². The van der Waals surface area contributed by atoms with Crippen LogP contribution in [0.2, 0.25) is 0 Å². The Hall–Kier alpha value is -0.860. The normalized spacial score (nSPS) is 18.5. The van der Waals surface area contributed by atoms with Gasteiger partial charge in [-0.3, -0.25) is 0 Å². The Morgan fingerprint density at radius 3 is 2.65 bits per heavy atom. The van der Waals surface area contributed by atoms with Crippen molar-refractivity contribution in [2.75, 3.05) is 26.2 Å². The summed E-state index contributed by atoms with van der Waals surface area (Å²) in [4.78, 5) is 2.55. The fourth-order valence-electron chi connectivity index (χ4n) is 2.63. The first-order valence-electron chi connectivity index (χ1n) is 6.78. The standard InChI is InChI=1S/C15H24N2/c1-13-7-3-4-8-15(13)14(2)16-9-12-17-10-5-6-11-17/h3-4,7-8,14,16H,5-6,9-12H2,1-2H3/t14-/m0/s1. The van der Waals surface area contributed by atoms with Gasteiger partial charge in [-0.2, -0.15) is 0 Å². The lowest BCUT2D eigenvalue weighted by atomic mass is 10.0. The molecule has 2 heteroatoms. The molecule has 0 radical (unpaired) electrons. The molecule has 1 aromatic rings. The Bertz CT molecular complexity index is 343. The summed E-state index contributed by atoms with van der Waals surface area (Å²) in [6, 6.07) is 9.10. The minimum absolute atomic E-state index is 0.457. The molecule has 1 heterocycles. The van der Waals surface area contributed by atoms with Crippen LogP contribution in [0.5, 0.6) is 0 Å². The Morgan fingerprint density at radius 2 is 1.94 bits per heavy atom. The van der Waals surface area contributed by atoms with Gasteiger partial charge in [-0.05, 0) is 50.9 Å². The number of rotatable bonds is 5. The summed E-state index contributed by atoms with van der Waals surface area (Å²) in [7, 11) is 0. The lowest BCUT2D eigenvalue weighted by Gasteiger charge is -2.19. The maximum atomic E-state index is 3.62. The first-order valence-corrected chi connectivity index (χ1v) is 6.78. The predicted molar refractivity (Wildman–Crippen MR) is 73.3 cm³/mol. The highest BCUT2D eigenvalue weighted by Gasteiger charge is 2.12. The summed E-state index contributed by atoms with van der Waals surface area (Å²) in [6.07, 6.45) is 2.76. The second-order valence-corrected chi connectivity index (χ2v) is 5.08. The fraction of sp³-hybridized carbons (Fsp3) is 0.600. The van der Waals surface area contributed by atoms with Crippen molar-refractivity contribution < 1.29 is 0 Å². The summed E-state index contributed by atoms with van der Waals surface area (Å²) >= 11 is 0. The lowest BCUT2D eigenvalue weighted by molar-refractivity contribution is 0.329. The molecular formula is C15H24N2. The van der Waals surface area contributed by atoms with Gasteiger partial charge in [0, 0.05) is 19.1 Å². The molecule has 2 nitrogen and oxygen atoms in total. The van der Waals surface area contributed by atoms with E-state index in [-0.39, 0.29) is 0 Å². The molecule has 0 aliphatic carbocycles. The lowest BCUT2D eigenvalue weighted by Crippen LogP contribution is -2.31. The van der Waals surface area contributed by atoms with E-state index < -0.39 is 0 Å². The van der Waals surface area contributed by atoms with Crippen molar-refractivity contribution in [2.24, 2.45) is 0 Å². The smallest absolute Gasteiger partial charge is 0.0294 e. The Kier molecular flexibility index (Phi) is 4.57. The van der Waals surface area contributed by atoms with Crippen molar-refractivity contribution in [3.63, 3.8) is 0 Å². The van der Waals surface area contributed by atoms with Gasteiger partial charge in [-0.25, -0.2) is 0 Å². The van der Waals surface area contributed by atoms with Gasteiger partial charge in [0.25, 0.3) is 0 Å². The highest BCUT2D eigenvalue weighted by Crippen LogP contribution is 2.16. The van der Waals surface area contributed by atoms with Gasteiger partial charge in [0.05, 0.1) is 0 Å². The monoisotopic (exact) mass is 232 g/mol. The molecule has 1 aromatic carbocycles. The van der Waals surface area contributed by atoms with Gasteiger partial charge < -0.3 is 10.2 Å². The molecule has 17 heavy (non-hydrogen) atoms. The number of likely N-dealkylation sites (tertiary alicyclic amines) is 1. The zero-order chi connectivity index (χ0) is 12.1. The van der Waals surface area contributed by atoms with E-state index in [0.29, 0.717) is 6.04 Å². The second kappa shape index (κ2) is 6.18. The van der Waals surface area contributed by atoms with E-state index in [4.69, 9.17) is 0 Å². The summed E-state index contributed by atoms with van der Waals surface area (Å²) < 4.78 is 0. The van der Waals surface area contributed by atoms with Gasteiger partial charge in [-0.15, -0.1) is 0 Å². The van der Waals surface area contributed by atoms with E-state index in [2.05, 4.69) is 48.3 Å². The topological polar surface area (TPSA) is 15.3 Å². The van der Waals surface area contributed by atoms with Crippen molar-refractivity contribution in [3.8, 4) is 0 Å². The maximum Gasteiger partial charge on any atom is 0.0294 e. The molecule has 0 saturated carbocycles. The van der Waals surface area contributed by atoms with Gasteiger partial charge in [0.1, 0.15) is 0 Å². The summed E-state index contributed by atoms with van der Waals surface area (Å²) in [5.74, 6) is 0. The Balaban J connectivity index is 1.77. The van der Waals surface area contributed by atoms with E-state index in [0.717, 1.165) is 6.54 Å². The number of nitrogens with zero attached hydrogens (tertiary/aromatic N) is 1. The van der Waals surface area contributed by atoms with Gasteiger partial charge in [-0.1, -0.05) is 24.3 Å². The largest absolute Gasteiger partial charge is 0.309 e. The average Bonchev–Trinajstić information content (AvgIpc) is 2.82. The Morgan fingerprint density at radius 1 is 1.24 bits per heavy atom. The zero-order valence-corrected chi connectivity index (χ0v) is 11.1. The fourth-order valence-corrected chi connectivity index (χ4v) is 2.63. The molecule has 2 rings (SSSR count). The average molecular weight is 232 g/mol. The highest BCUT2D eigenvalue weighted by atomic mass is 15.1. The van der Waals surface area contributed by atoms with E-state index >= 15 is 0 Å². The molecule has 0 amide bonds. The molecule has 0 unspecified atom stereocenters. The molecule has 1 atom stereocenters. The summed E-state index contributed by atoms with van der Waals surface area (Å²) in [6.45, 7) is 9.31. The van der Waals surface area contributed by atoms with Crippen LogP contribution in [0.25, 0.3) is 0 Å². The zero-order valence-electron chi connectivity index (χ0n) is 11.1. The van der Waals surface area contributed by atoms with Crippen LogP contribution in [0.3, 0.4) is 0 Å². The van der Waals surface area contributed by atoms with Gasteiger partial charge >= 0.3 is 0 Å². The van der Waals surface area contributed by atoms with Crippen LogP contribution in [-0.2, 0) is 0 Å². The summed E-state index contributed by atoms with van der Waals surface area (Å²) in [5, 5.41) is 3.62. The van der Waals surface area contributed by atoms with Crippen molar-refractivity contribution in [3.05, 3.63) is 35.4 Å². The van der Waals surface area contributed by atoms with Crippen LogP contribution in [0.4, 0.5) is 0 Å². The van der Waals surface area contributed by atoms with Crippen LogP contribution in [0.1, 0.15) is 36.9 Å². The van der Waals surface area contributed by atoms with Crippen LogP contribution in [-0.4, -0.2) is 31.1 Å². The predicted octanol–water partition coefficient (Wildman–Crippen LogP) is 2.74. The van der Waals surface area contributed by atoms with E-state index in [9.17, 15) is 0 Å². The third kappa shape index (κ3) is 3.55. The van der Waals surface area contributed by atoms with E-state index in [1.165, 1.54) is 43.6 Å².